The summed E-state index contributed by atoms with van der Waals surface area (Å²) in [5.41, 5.74) is 4.08. The molecule has 0 saturated carbocycles. The number of aromatic nitrogens is 2. The molecule has 60 heavy (non-hydrogen) atoms. The van der Waals surface area contributed by atoms with Gasteiger partial charge in [-0.15, -0.1) is 0 Å². The number of H-pyrrole nitrogens is 1. The van der Waals surface area contributed by atoms with Gasteiger partial charge in [-0.25, -0.2) is 4.79 Å². The smallest absolute Gasteiger partial charge is 0.330 e. The highest BCUT2D eigenvalue weighted by molar-refractivity contribution is 5.95. The van der Waals surface area contributed by atoms with Crippen LogP contribution in [0.2, 0.25) is 0 Å². The van der Waals surface area contributed by atoms with Crippen LogP contribution in [-0.2, 0) is 38.1 Å². The van der Waals surface area contributed by atoms with Crippen molar-refractivity contribution in [1.82, 2.24) is 20.2 Å². The van der Waals surface area contributed by atoms with Crippen LogP contribution < -0.4 is 27.6 Å². The van der Waals surface area contributed by atoms with Crippen LogP contribution >= 0.6 is 0 Å². The number of aliphatic hydroxyl groups excluding tert-OH is 3. The number of nitrogens with one attached hydrogen (secondary N) is 3. The summed E-state index contributed by atoms with van der Waals surface area (Å²) >= 11 is 0. The van der Waals surface area contributed by atoms with E-state index in [9.17, 15) is 44.1 Å². The fourth-order valence-electron chi connectivity index (χ4n) is 7.22. The lowest BCUT2D eigenvalue weighted by molar-refractivity contribution is -0.239. The van der Waals surface area contributed by atoms with E-state index in [0.29, 0.717) is 25.7 Å². The maximum Gasteiger partial charge on any atom is 0.330 e. The summed E-state index contributed by atoms with van der Waals surface area (Å²) in [4.78, 5) is 79.0. The van der Waals surface area contributed by atoms with Gasteiger partial charge in [-0.3, -0.25) is 33.5 Å². The molecule has 18 nitrogen and oxygen atoms in total. The predicted molar refractivity (Wildman–Crippen MR) is 217 cm³/mol. The third-order valence-electron chi connectivity index (χ3n) is 10.5. The molecule has 0 unspecified atom stereocenters. The summed E-state index contributed by atoms with van der Waals surface area (Å²) in [6.07, 6.45) is 12.6. The lowest BCUT2D eigenvalue weighted by atomic mass is 9.94. The zero-order valence-corrected chi connectivity index (χ0v) is 34.3. The molecular weight excluding hydrogens is 782 g/mol. The van der Waals surface area contributed by atoms with Gasteiger partial charge in [0.25, 0.3) is 11.5 Å². The number of hydrogen-bond donors (Lipinski definition) is 7. The fraction of sp³-hybridized carbons (Fsp3) is 0.619. The summed E-state index contributed by atoms with van der Waals surface area (Å²) < 4.78 is 24.2. The molecule has 4 heterocycles. The van der Waals surface area contributed by atoms with Gasteiger partial charge in [0.1, 0.15) is 24.4 Å². The number of unbranched alkanes of at least 4 members (excludes halogenated alkanes) is 5. The Hall–Kier alpha value is -4.88. The Kier molecular flexibility index (Phi) is 19.4. The average Bonchev–Trinajstić information content (AvgIpc) is 3.46. The van der Waals surface area contributed by atoms with Crippen LogP contribution in [0.5, 0.6) is 0 Å². The van der Waals surface area contributed by atoms with Crippen LogP contribution in [0.15, 0.2) is 70.1 Å². The number of aliphatic hydroxyl groups is 3. The Morgan fingerprint density at radius 1 is 1.02 bits per heavy atom. The van der Waals surface area contributed by atoms with Gasteiger partial charge in [0.15, 0.2) is 24.2 Å². The van der Waals surface area contributed by atoms with Crippen molar-refractivity contribution in [1.29, 1.82) is 0 Å². The monoisotopic (exact) mass is 843 g/mol. The molecule has 3 aliphatic heterocycles. The zero-order valence-electron chi connectivity index (χ0n) is 34.3. The number of aromatic amines is 1. The van der Waals surface area contributed by atoms with E-state index >= 15 is 0 Å². The second kappa shape index (κ2) is 24.4. The van der Waals surface area contributed by atoms with Crippen molar-refractivity contribution in [3.8, 4) is 0 Å². The molecule has 1 aromatic heterocycles. The first kappa shape index (κ1) is 47.8. The number of allylic oxidation sites excluding steroid dienone is 6. The number of hydrogen-bond acceptors (Lipinski definition) is 13. The number of amides is 3. The molecule has 0 aromatic carbocycles. The maximum absolute atomic E-state index is 13.2. The molecule has 8 N–H and O–H groups in total. The second-order valence-electron chi connectivity index (χ2n) is 15.2. The molecular formula is C42H61N5O13. The Bertz CT molecular complexity index is 1820. The van der Waals surface area contributed by atoms with Crippen LogP contribution in [0.4, 0.5) is 0 Å². The number of carbonyl (C=O) groups excluding carboxylic acids is 4. The normalized spacial score (nSPS) is 27.6. The van der Waals surface area contributed by atoms with Crippen molar-refractivity contribution in [3.05, 3.63) is 81.4 Å². The standard InChI is InChI=1S/C42H61N5O13/c1-3-4-5-6-7-8-9-10-11-12-13-14-15-16-17-21-32(51)58-35-27(25-48)34(59-40(35)47-23-22-31(50)46-42(47)56)36(37(43)53)60-41-33(52)29(49)24-30(57-41)39(55)45-28-20-18-19-26(2)44-38(28)54/h4-5,7-8,10-11,22-24,26-29,33-36,40-41,48-49,52H,3,6,9,12-21,25H2,1-2H3,(H2,43,53)(H,44,54)(H,45,55)(H,46,50,56)/b5-4-,8-7-,11-10-/t26-,27-,28+,29+,33+,34+,35-,36-,40-,41-/m1/s1. The van der Waals surface area contributed by atoms with Crippen LogP contribution in [0.25, 0.3) is 0 Å². The van der Waals surface area contributed by atoms with Gasteiger partial charge in [-0.2, -0.15) is 0 Å². The SMILES string of the molecule is CC/C=C\C/C=C\C/C=C\CCCCCCCC(=O)O[C@@H]1[C@H](CO)[C@@H]([C@@H](O[C@H]2OC(C(=O)N[C@H]3CCC[C@@H](C)NC3=O)=C[C@H](O)[C@@H]2O)C(N)=O)O[C@H]1n1ccc(=O)[nH]c1=O. The number of rotatable bonds is 22. The minimum absolute atomic E-state index is 0.000695. The number of primary amides is 1. The van der Waals surface area contributed by atoms with E-state index in [1.807, 2.05) is 6.92 Å². The van der Waals surface area contributed by atoms with Gasteiger partial charge in [0.05, 0.1) is 12.5 Å². The van der Waals surface area contributed by atoms with Gasteiger partial charge in [0, 0.05) is 24.7 Å². The number of nitrogens with two attached hydrogens (primary N) is 1. The first-order valence-electron chi connectivity index (χ1n) is 20.9. The summed E-state index contributed by atoms with van der Waals surface area (Å²) in [5, 5.41) is 37.4. The lowest BCUT2D eigenvalue weighted by Gasteiger charge is -2.35. The minimum Gasteiger partial charge on any atom is -0.457 e. The van der Waals surface area contributed by atoms with Crippen LogP contribution in [0.1, 0.15) is 104 Å². The fourth-order valence-corrected chi connectivity index (χ4v) is 7.22. The molecule has 10 atom stereocenters. The van der Waals surface area contributed by atoms with Crippen molar-refractivity contribution in [2.24, 2.45) is 11.7 Å². The molecule has 332 valence electrons. The third kappa shape index (κ3) is 14.1. The first-order valence-corrected chi connectivity index (χ1v) is 20.9. The minimum atomic E-state index is -1.92. The van der Waals surface area contributed by atoms with Crippen molar-refractivity contribution in [3.63, 3.8) is 0 Å². The van der Waals surface area contributed by atoms with Crippen molar-refractivity contribution < 1.29 is 53.4 Å². The first-order chi connectivity index (χ1) is 28.8. The highest BCUT2D eigenvalue weighted by atomic mass is 16.7. The van der Waals surface area contributed by atoms with Gasteiger partial charge < -0.3 is 50.6 Å². The summed E-state index contributed by atoms with van der Waals surface area (Å²) in [7, 11) is 0. The van der Waals surface area contributed by atoms with E-state index in [1.54, 1.807) is 0 Å². The topological polar surface area (TPSA) is 271 Å². The molecule has 2 fully saturated rings. The molecule has 4 rings (SSSR count). The van der Waals surface area contributed by atoms with Crippen LogP contribution in [0.3, 0.4) is 0 Å². The second-order valence-corrected chi connectivity index (χ2v) is 15.2. The number of ether oxygens (including phenoxy) is 4. The van der Waals surface area contributed by atoms with Gasteiger partial charge >= 0.3 is 11.7 Å². The maximum atomic E-state index is 13.2. The molecule has 3 amide bonds. The highest BCUT2D eigenvalue weighted by Crippen LogP contribution is 2.39. The predicted octanol–water partition coefficient (Wildman–Crippen LogP) is 1.55. The largest absolute Gasteiger partial charge is 0.457 e. The Morgan fingerprint density at radius 3 is 2.42 bits per heavy atom. The zero-order chi connectivity index (χ0) is 43.6. The average molecular weight is 844 g/mol. The molecule has 0 aliphatic carbocycles. The number of carbonyl (C=O) groups is 4. The van der Waals surface area contributed by atoms with Crippen molar-refractivity contribution >= 4 is 23.7 Å². The van der Waals surface area contributed by atoms with E-state index in [1.165, 1.54) is 0 Å². The Balaban J connectivity index is 1.39. The van der Waals surface area contributed by atoms with E-state index in [-0.39, 0.29) is 12.5 Å². The third-order valence-corrected chi connectivity index (χ3v) is 10.5. The van der Waals surface area contributed by atoms with Crippen LogP contribution in [0, 0.1) is 5.92 Å². The summed E-state index contributed by atoms with van der Waals surface area (Å²) in [6, 6.07) is 0.0249. The lowest BCUT2D eigenvalue weighted by Crippen LogP contribution is -2.54. The van der Waals surface area contributed by atoms with Crippen molar-refractivity contribution in [2.45, 2.75) is 152 Å². The molecule has 1 aromatic rings. The molecule has 18 heteroatoms. The molecule has 0 radical (unpaired) electrons. The van der Waals surface area contributed by atoms with E-state index in [0.717, 1.165) is 74.3 Å². The Morgan fingerprint density at radius 2 is 1.72 bits per heavy atom. The molecule has 0 bridgehead atoms. The quantitative estimate of drug-likeness (QED) is 0.0497. The van der Waals surface area contributed by atoms with Gasteiger partial charge in [-0.05, 0) is 70.8 Å². The molecule has 2 saturated heterocycles. The number of nitrogens with zero attached hydrogens (tertiary/aromatic N) is 1. The van der Waals surface area contributed by atoms with E-state index in [2.05, 4.69) is 59.0 Å². The molecule has 0 spiro atoms. The van der Waals surface area contributed by atoms with Crippen molar-refractivity contribution in [2.75, 3.05) is 6.61 Å². The summed E-state index contributed by atoms with van der Waals surface area (Å²) in [5.74, 6) is -4.97. The van der Waals surface area contributed by atoms with E-state index in [4.69, 9.17) is 24.7 Å². The van der Waals surface area contributed by atoms with E-state index < -0.39 is 102 Å². The van der Waals surface area contributed by atoms with Crippen LogP contribution in [-0.4, -0.2) is 104 Å². The molecule has 3 aliphatic rings. The Labute approximate surface area is 348 Å². The van der Waals surface area contributed by atoms with Gasteiger partial charge in [-0.1, -0.05) is 62.6 Å². The number of esters is 1. The van der Waals surface area contributed by atoms with Gasteiger partial charge in [0.2, 0.25) is 18.1 Å². The summed E-state index contributed by atoms with van der Waals surface area (Å²) in [6.45, 7) is 3.16. The highest BCUT2D eigenvalue weighted by Gasteiger charge is 2.54.